The predicted molar refractivity (Wildman–Crippen MR) is 217 cm³/mol. The number of carbonyl (C=O) groups is 2. The van der Waals surface area contributed by atoms with Crippen molar-refractivity contribution in [3.05, 3.63) is 61.2 Å². The van der Waals surface area contributed by atoms with Gasteiger partial charge in [-0.2, -0.15) is 0 Å². The fraction of sp³-hybridized carbons (Fsp3) is 0.381. The quantitative estimate of drug-likeness (QED) is 0.120. The van der Waals surface area contributed by atoms with Crippen LogP contribution < -0.4 is 39.1 Å². The molecule has 3 N–H and O–H groups in total. The molecular formula is C42H46F2N8O8. The molecule has 6 heterocycles. The van der Waals surface area contributed by atoms with Gasteiger partial charge in [0.1, 0.15) is 17.7 Å². The number of halogens is 2. The zero-order chi connectivity index (χ0) is 42.5. The van der Waals surface area contributed by atoms with Gasteiger partial charge in [0.2, 0.25) is 23.6 Å². The molecule has 6 aromatic rings. The second-order valence-electron chi connectivity index (χ2n) is 14.4. The molecule has 0 bridgehead atoms. The molecule has 316 valence electrons. The Hall–Kier alpha value is -6.72. The lowest BCUT2D eigenvalue weighted by Gasteiger charge is -2.20. The number of fused-ring (bicyclic) bond motifs is 2. The highest BCUT2D eigenvalue weighted by atomic mass is 19.3. The molecule has 2 aromatic carbocycles. The number of carbonyl (C=O) groups excluding carboxylic acids is 2. The van der Waals surface area contributed by atoms with Gasteiger partial charge in [-0.1, -0.05) is 0 Å². The Labute approximate surface area is 343 Å². The highest BCUT2D eigenvalue weighted by Crippen LogP contribution is 2.37. The van der Waals surface area contributed by atoms with Crippen LogP contribution in [0.15, 0.2) is 61.2 Å². The number of hydrogen-bond acceptors (Lipinski definition) is 12. The number of imidazole rings is 2. The number of nitrogens with one attached hydrogen (secondary N) is 3. The molecule has 2 fully saturated rings. The highest BCUT2D eigenvalue weighted by Gasteiger charge is 2.31. The van der Waals surface area contributed by atoms with E-state index >= 15 is 0 Å². The lowest BCUT2D eigenvalue weighted by Crippen LogP contribution is -2.26. The summed E-state index contributed by atoms with van der Waals surface area (Å²) in [5.41, 5.74) is 5.21. The first-order valence-electron chi connectivity index (χ1n) is 19.3. The molecule has 2 aliphatic heterocycles. The summed E-state index contributed by atoms with van der Waals surface area (Å²) in [4.78, 5) is 44.2. The number of amides is 2. The minimum atomic E-state index is -2.56. The van der Waals surface area contributed by atoms with E-state index in [9.17, 15) is 18.4 Å². The van der Waals surface area contributed by atoms with E-state index in [0.717, 1.165) is 22.3 Å². The Morgan fingerprint density at radius 2 is 1.25 bits per heavy atom. The van der Waals surface area contributed by atoms with E-state index in [0.29, 0.717) is 77.1 Å². The van der Waals surface area contributed by atoms with E-state index in [4.69, 9.17) is 33.4 Å². The summed E-state index contributed by atoms with van der Waals surface area (Å²) < 4.78 is 61.2. The lowest BCUT2D eigenvalue weighted by atomic mass is 10.0. The van der Waals surface area contributed by atoms with Crippen LogP contribution in [0.25, 0.3) is 44.6 Å². The number of alkyl halides is 2. The predicted octanol–water partition coefficient (Wildman–Crippen LogP) is 5.83. The monoisotopic (exact) mass is 828 g/mol. The first-order chi connectivity index (χ1) is 29.0. The summed E-state index contributed by atoms with van der Waals surface area (Å²) in [5.74, 6) is 3.08. The van der Waals surface area contributed by atoms with Crippen molar-refractivity contribution in [1.82, 2.24) is 40.1 Å². The molecule has 0 unspecified atom stereocenters. The van der Waals surface area contributed by atoms with Crippen molar-refractivity contribution in [2.45, 2.75) is 51.9 Å². The van der Waals surface area contributed by atoms with Crippen LogP contribution >= 0.6 is 0 Å². The number of methoxy groups -OCH3 is 4. The maximum Gasteiger partial charge on any atom is 0.256 e. The summed E-state index contributed by atoms with van der Waals surface area (Å²) in [6.45, 7) is 4.37. The van der Waals surface area contributed by atoms with Gasteiger partial charge in [-0.05, 0) is 62.4 Å². The topological polar surface area (TPSA) is 186 Å². The highest BCUT2D eigenvalue weighted by molar-refractivity contribution is 5.86. The van der Waals surface area contributed by atoms with Crippen molar-refractivity contribution in [2.75, 3.05) is 41.5 Å². The number of hydrogen-bond donors (Lipinski definition) is 3. The first kappa shape index (κ1) is 41.4. The van der Waals surface area contributed by atoms with Crippen LogP contribution in [0.5, 0.6) is 34.8 Å². The molecule has 0 radical (unpaired) electrons. The van der Waals surface area contributed by atoms with E-state index in [-0.39, 0.29) is 41.7 Å². The van der Waals surface area contributed by atoms with Crippen molar-refractivity contribution in [1.29, 1.82) is 0 Å². The fourth-order valence-electron chi connectivity index (χ4n) is 7.18. The number of H-pyrrole nitrogens is 1. The Morgan fingerprint density at radius 3 is 1.77 bits per heavy atom. The number of nitrogens with zero attached hydrogens (tertiary/aromatic N) is 5. The minimum absolute atomic E-state index is 0.0367. The summed E-state index contributed by atoms with van der Waals surface area (Å²) >= 11 is 0. The van der Waals surface area contributed by atoms with E-state index in [2.05, 4.69) is 30.6 Å². The third-order valence-electron chi connectivity index (χ3n) is 10.6. The van der Waals surface area contributed by atoms with E-state index < -0.39 is 13.0 Å². The zero-order valence-corrected chi connectivity index (χ0v) is 34.0. The smallest absolute Gasteiger partial charge is 0.256 e. The van der Waals surface area contributed by atoms with Gasteiger partial charge in [-0.3, -0.25) is 9.59 Å². The molecule has 4 aromatic heterocycles. The van der Waals surface area contributed by atoms with Gasteiger partial charge in [0, 0.05) is 48.9 Å². The van der Waals surface area contributed by atoms with Gasteiger partial charge in [-0.15, -0.1) is 0 Å². The van der Waals surface area contributed by atoms with Gasteiger partial charge in [0.15, 0.2) is 28.5 Å². The van der Waals surface area contributed by atoms with Gasteiger partial charge < -0.3 is 48.6 Å². The number of rotatable bonds is 14. The van der Waals surface area contributed by atoms with Crippen LogP contribution in [-0.4, -0.2) is 101 Å². The molecule has 0 saturated carbocycles. The summed E-state index contributed by atoms with van der Waals surface area (Å²) in [5, 5.41) is 5.63. The third-order valence-corrected chi connectivity index (χ3v) is 10.6. The average Bonchev–Trinajstić information content (AvgIpc) is 4.08. The first-order valence-corrected chi connectivity index (χ1v) is 19.3. The molecule has 2 amide bonds. The lowest BCUT2D eigenvalue weighted by molar-refractivity contribution is -0.120. The van der Waals surface area contributed by atoms with Crippen molar-refractivity contribution < 1.29 is 46.8 Å². The largest absolute Gasteiger partial charge is 0.493 e. The van der Waals surface area contributed by atoms with Crippen LogP contribution in [0.4, 0.5) is 8.78 Å². The van der Waals surface area contributed by atoms with E-state index in [1.807, 2.05) is 44.2 Å². The van der Waals surface area contributed by atoms with Gasteiger partial charge >= 0.3 is 0 Å². The average molecular weight is 829 g/mol. The van der Waals surface area contributed by atoms with E-state index in [1.165, 1.54) is 18.0 Å². The minimum Gasteiger partial charge on any atom is -0.493 e. The number of aromatic nitrogens is 6. The number of benzene rings is 2. The van der Waals surface area contributed by atoms with Crippen molar-refractivity contribution >= 4 is 33.9 Å². The van der Waals surface area contributed by atoms with Crippen LogP contribution in [-0.2, 0) is 16.1 Å². The van der Waals surface area contributed by atoms with Crippen LogP contribution in [0.2, 0.25) is 0 Å². The Balaban J connectivity index is 0.000000183. The maximum atomic E-state index is 13.1. The Morgan fingerprint density at radius 1 is 0.717 bits per heavy atom. The summed E-state index contributed by atoms with van der Waals surface area (Å²) in [6.07, 6.45) is 0.681. The maximum absolute atomic E-state index is 13.1. The van der Waals surface area contributed by atoms with Gasteiger partial charge in [-0.25, -0.2) is 28.7 Å². The number of aromatic amines is 1. The second kappa shape index (κ2) is 18.0. The van der Waals surface area contributed by atoms with Crippen molar-refractivity contribution in [3.63, 3.8) is 0 Å². The normalized spacial score (nSPS) is 17.1. The molecular weight excluding hydrogens is 783 g/mol. The molecule has 16 nitrogen and oxygen atoms in total. The molecule has 18 heteroatoms. The zero-order valence-electron chi connectivity index (χ0n) is 34.0. The molecule has 60 heavy (non-hydrogen) atoms. The molecule has 0 aliphatic carbocycles. The second-order valence-corrected chi connectivity index (χ2v) is 14.4. The molecule has 2 aliphatic rings. The van der Waals surface area contributed by atoms with Crippen LogP contribution in [0, 0.1) is 11.8 Å². The standard InChI is InChI=1S/C22H24F2N4O4.C20H22N4O4/c1-12(14-7-20(29)25-9-14)32-22-21-16(26-11-28(21)10-19(23)24)8-15(27-22)13-4-5-17(30-2)18(6-13)31-3;1-11(13-7-18(25)21-9-13)28-20-19-15(22-10-23-19)8-14(24-20)12-4-5-16(26-2)17(6-12)27-3/h4-6,8,11-12,14,19H,7,9-10H2,1-3H3,(H,25,29);4-6,8,10-11,13H,7,9H2,1-3H3,(H,21,25)(H,22,23)/t12-,14-;11-,13-/m11/s1. The van der Waals surface area contributed by atoms with Crippen molar-refractivity contribution in [3.8, 4) is 57.3 Å². The summed E-state index contributed by atoms with van der Waals surface area (Å²) in [7, 11) is 6.29. The molecule has 2 saturated heterocycles. The Bertz CT molecular complexity index is 2490. The fourth-order valence-corrected chi connectivity index (χ4v) is 7.18. The SMILES string of the molecule is COc1ccc(-c2cc3[nH]cnc3c(O[C@H](C)[C@H]3CNC(=O)C3)n2)cc1OC.COc1ccc(-c2cc3ncn(CC(F)F)c3c(O[C@H](C)[C@H]3CNC(=O)C3)n2)cc1OC. The number of ether oxygens (including phenoxy) is 6. The molecule has 0 spiro atoms. The van der Waals surface area contributed by atoms with E-state index in [1.54, 1.807) is 45.9 Å². The van der Waals surface area contributed by atoms with Gasteiger partial charge in [0.05, 0.1) is 70.1 Å². The Kier molecular flexibility index (Phi) is 12.5. The van der Waals surface area contributed by atoms with Gasteiger partial charge in [0.25, 0.3) is 6.43 Å². The molecule has 4 atom stereocenters. The van der Waals surface area contributed by atoms with Crippen molar-refractivity contribution in [2.24, 2.45) is 11.8 Å². The molecule has 8 rings (SSSR count). The summed E-state index contributed by atoms with van der Waals surface area (Å²) in [6, 6.07) is 14.6. The van der Waals surface area contributed by atoms with Crippen LogP contribution in [0.1, 0.15) is 26.7 Å². The third kappa shape index (κ3) is 8.96. The number of pyridine rings is 2. The van der Waals surface area contributed by atoms with Crippen LogP contribution in [0.3, 0.4) is 0 Å².